The SMILES string of the molecule is C=CCn1c(SC(C(=O)NC(N)=O)C(C)C)nnc1-c1ccco1. The Hall–Kier alpha value is -2.55. The lowest BCUT2D eigenvalue weighted by Crippen LogP contribution is -2.42. The minimum Gasteiger partial charge on any atom is -0.461 e. The van der Waals surface area contributed by atoms with Crippen molar-refractivity contribution in [1.82, 2.24) is 20.1 Å². The number of hydrogen-bond donors (Lipinski definition) is 2. The van der Waals surface area contributed by atoms with Crippen LogP contribution >= 0.6 is 11.8 Å². The lowest BCUT2D eigenvalue weighted by molar-refractivity contribution is -0.120. The number of primary amides is 1. The number of carbonyl (C=O) groups is 2. The molecule has 0 aliphatic carbocycles. The smallest absolute Gasteiger partial charge is 0.318 e. The van der Waals surface area contributed by atoms with Crippen LogP contribution in [-0.2, 0) is 11.3 Å². The van der Waals surface area contributed by atoms with E-state index in [-0.39, 0.29) is 5.92 Å². The van der Waals surface area contributed by atoms with E-state index in [1.54, 1.807) is 29.0 Å². The van der Waals surface area contributed by atoms with Gasteiger partial charge in [-0.1, -0.05) is 31.7 Å². The average Bonchev–Trinajstić information content (AvgIpc) is 3.13. The van der Waals surface area contributed by atoms with Crippen LogP contribution in [0, 0.1) is 5.92 Å². The zero-order valence-electron chi connectivity index (χ0n) is 13.4. The summed E-state index contributed by atoms with van der Waals surface area (Å²) in [6, 6.07) is 2.65. The van der Waals surface area contributed by atoms with Crippen LogP contribution in [0.1, 0.15) is 13.8 Å². The number of amides is 3. The highest BCUT2D eigenvalue weighted by molar-refractivity contribution is 8.00. The van der Waals surface area contributed by atoms with Crippen molar-refractivity contribution < 1.29 is 14.0 Å². The molecule has 0 aliphatic rings. The summed E-state index contributed by atoms with van der Waals surface area (Å²) in [6.45, 7) is 7.93. The molecule has 2 aromatic rings. The summed E-state index contributed by atoms with van der Waals surface area (Å²) in [7, 11) is 0. The number of nitrogens with zero attached hydrogens (tertiary/aromatic N) is 3. The van der Waals surface area contributed by atoms with Crippen LogP contribution in [0.5, 0.6) is 0 Å². The second kappa shape index (κ2) is 7.82. The number of imide groups is 1. The number of allylic oxidation sites excluding steroid dienone is 1. The predicted molar refractivity (Wildman–Crippen MR) is 90.1 cm³/mol. The third kappa shape index (κ3) is 4.05. The van der Waals surface area contributed by atoms with Crippen molar-refractivity contribution in [2.75, 3.05) is 0 Å². The van der Waals surface area contributed by atoms with Crippen LogP contribution in [0.15, 0.2) is 40.6 Å². The predicted octanol–water partition coefficient (Wildman–Crippen LogP) is 2.04. The van der Waals surface area contributed by atoms with Gasteiger partial charge in [0.25, 0.3) is 0 Å². The molecular formula is C15H19N5O3S. The molecule has 1 atom stereocenters. The van der Waals surface area contributed by atoms with Gasteiger partial charge in [0, 0.05) is 6.54 Å². The van der Waals surface area contributed by atoms with E-state index in [1.165, 1.54) is 11.8 Å². The number of rotatable bonds is 7. The molecule has 0 aliphatic heterocycles. The largest absolute Gasteiger partial charge is 0.461 e. The summed E-state index contributed by atoms with van der Waals surface area (Å²) in [5, 5.41) is 10.4. The lowest BCUT2D eigenvalue weighted by atomic mass is 10.1. The van der Waals surface area contributed by atoms with Crippen molar-refractivity contribution in [3.05, 3.63) is 31.1 Å². The molecule has 0 radical (unpaired) electrons. The molecule has 2 aromatic heterocycles. The highest BCUT2D eigenvalue weighted by atomic mass is 32.2. The standard InChI is InChI=1S/C15H19N5O3S/c1-4-7-20-12(10-6-5-8-23-10)18-19-15(20)24-11(9(2)3)13(21)17-14(16)22/h4-6,8-9,11H,1,7H2,2-3H3,(H3,16,17,21,22). The van der Waals surface area contributed by atoms with E-state index >= 15 is 0 Å². The van der Waals surface area contributed by atoms with Gasteiger partial charge >= 0.3 is 6.03 Å². The quantitative estimate of drug-likeness (QED) is 0.583. The maximum absolute atomic E-state index is 12.2. The number of nitrogens with two attached hydrogens (primary N) is 1. The minimum absolute atomic E-state index is 0.0460. The van der Waals surface area contributed by atoms with Gasteiger partial charge < -0.3 is 10.2 Å². The zero-order chi connectivity index (χ0) is 17.7. The van der Waals surface area contributed by atoms with Crippen molar-refractivity contribution in [3.8, 4) is 11.6 Å². The van der Waals surface area contributed by atoms with E-state index in [2.05, 4.69) is 22.1 Å². The molecule has 0 bridgehead atoms. The first-order chi connectivity index (χ1) is 11.4. The highest BCUT2D eigenvalue weighted by Crippen LogP contribution is 2.30. The van der Waals surface area contributed by atoms with Gasteiger partial charge in [0.05, 0.1) is 11.5 Å². The van der Waals surface area contributed by atoms with Crippen LogP contribution in [-0.4, -0.2) is 32.0 Å². The van der Waals surface area contributed by atoms with Crippen LogP contribution in [0.25, 0.3) is 11.6 Å². The molecule has 0 saturated heterocycles. The fourth-order valence-corrected chi connectivity index (χ4v) is 3.10. The van der Waals surface area contributed by atoms with E-state index in [0.29, 0.717) is 23.3 Å². The molecule has 9 heteroatoms. The van der Waals surface area contributed by atoms with Crippen molar-refractivity contribution in [1.29, 1.82) is 0 Å². The first kappa shape index (κ1) is 17.8. The van der Waals surface area contributed by atoms with Crippen LogP contribution in [0.2, 0.25) is 0 Å². The lowest BCUT2D eigenvalue weighted by Gasteiger charge is -2.18. The Morgan fingerprint density at radius 1 is 1.50 bits per heavy atom. The molecule has 2 heterocycles. The Kier molecular flexibility index (Phi) is 5.80. The number of thioether (sulfide) groups is 1. The number of aromatic nitrogens is 3. The molecule has 0 aromatic carbocycles. The summed E-state index contributed by atoms with van der Waals surface area (Å²) in [4.78, 5) is 23.1. The highest BCUT2D eigenvalue weighted by Gasteiger charge is 2.28. The Balaban J connectivity index is 2.31. The summed E-state index contributed by atoms with van der Waals surface area (Å²) in [6.07, 6.45) is 3.25. The first-order valence-corrected chi connectivity index (χ1v) is 8.17. The summed E-state index contributed by atoms with van der Waals surface area (Å²) in [5.41, 5.74) is 5.03. The molecule has 0 saturated carbocycles. The molecule has 1 unspecified atom stereocenters. The van der Waals surface area contributed by atoms with Crippen molar-refractivity contribution >= 4 is 23.7 Å². The van der Waals surface area contributed by atoms with Crippen LogP contribution in [0.3, 0.4) is 0 Å². The van der Waals surface area contributed by atoms with Crippen molar-refractivity contribution in [3.63, 3.8) is 0 Å². The molecule has 24 heavy (non-hydrogen) atoms. The number of carbonyl (C=O) groups excluding carboxylic acids is 2. The average molecular weight is 349 g/mol. The van der Waals surface area contributed by atoms with E-state index in [9.17, 15) is 9.59 Å². The van der Waals surface area contributed by atoms with E-state index in [0.717, 1.165) is 0 Å². The van der Waals surface area contributed by atoms with Gasteiger partial charge in [-0.25, -0.2) is 4.79 Å². The van der Waals surface area contributed by atoms with Gasteiger partial charge in [-0.2, -0.15) is 0 Å². The molecule has 8 nitrogen and oxygen atoms in total. The normalized spacial score (nSPS) is 12.1. The Morgan fingerprint density at radius 3 is 2.79 bits per heavy atom. The number of furan rings is 1. The van der Waals surface area contributed by atoms with E-state index < -0.39 is 17.2 Å². The second-order valence-corrected chi connectivity index (χ2v) is 6.43. The molecule has 128 valence electrons. The Bertz CT molecular complexity index is 724. The van der Waals surface area contributed by atoms with Gasteiger partial charge in [-0.3, -0.25) is 14.7 Å². The Labute approximate surface area is 143 Å². The zero-order valence-corrected chi connectivity index (χ0v) is 14.2. The molecule has 0 spiro atoms. The fraction of sp³-hybridized carbons (Fsp3) is 0.333. The third-order valence-electron chi connectivity index (χ3n) is 3.11. The maximum Gasteiger partial charge on any atom is 0.318 e. The van der Waals surface area contributed by atoms with Gasteiger partial charge in [-0.15, -0.1) is 16.8 Å². The molecule has 0 fully saturated rings. The van der Waals surface area contributed by atoms with Crippen LogP contribution < -0.4 is 11.1 Å². The van der Waals surface area contributed by atoms with Gasteiger partial charge in [0.1, 0.15) is 0 Å². The Morgan fingerprint density at radius 2 is 2.25 bits per heavy atom. The van der Waals surface area contributed by atoms with E-state index in [1.807, 2.05) is 13.8 Å². The van der Waals surface area contributed by atoms with Crippen LogP contribution in [0.4, 0.5) is 4.79 Å². The molecule has 2 rings (SSSR count). The number of nitrogens with one attached hydrogen (secondary N) is 1. The molecule has 3 N–H and O–H groups in total. The summed E-state index contributed by atoms with van der Waals surface area (Å²) in [5.74, 6) is 0.601. The fourth-order valence-electron chi connectivity index (χ4n) is 2.06. The monoisotopic (exact) mass is 349 g/mol. The third-order valence-corrected chi connectivity index (χ3v) is 4.64. The van der Waals surface area contributed by atoms with Crippen molar-refractivity contribution in [2.24, 2.45) is 11.7 Å². The summed E-state index contributed by atoms with van der Waals surface area (Å²) < 4.78 is 7.16. The molecular weight excluding hydrogens is 330 g/mol. The number of hydrogen-bond acceptors (Lipinski definition) is 6. The first-order valence-electron chi connectivity index (χ1n) is 7.29. The molecule has 3 amide bonds. The van der Waals surface area contributed by atoms with E-state index in [4.69, 9.17) is 10.2 Å². The summed E-state index contributed by atoms with van der Waals surface area (Å²) >= 11 is 1.21. The van der Waals surface area contributed by atoms with Gasteiger partial charge in [0.15, 0.2) is 10.9 Å². The van der Waals surface area contributed by atoms with Gasteiger partial charge in [-0.05, 0) is 18.1 Å². The minimum atomic E-state index is -0.880. The maximum atomic E-state index is 12.2. The number of urea groups is 1. The van der Waals surface area contributed by atoms with Crippen molar-refractivity contribution in [2.45, 2.75) is 30.8 Å². The second-order valence-electron chi connectivity index (χ2n) is 5.32. The van der Waals surface area contributed by atoms with Gasteiger partial charge in [0.2, 0.25) is 11.7 Å². The topological polar surface area (TPSA) is 116 Å².